The number of hydrogen-bond acceptors (Lipinski definition) is 7. The van der Waals surface area contributed by atoms with Crippen molar-refractivity contribution in [3.05, 3.63) is 17.6 Å². The Kier molecular flexibility index (Phi) is 4.22. The van der Waals surface area contributed by atoms with E-state index >= 15 is 0 Å². The molecule has 2 N–H and O–H groups in total. The predicted octanol–water partition coefficient (Wildman–Crippen LogP) is 0.409. The number of aryl methyl sites for hydroxylation is 2. The quantitative estimate of drug-likeness (QED) is 0.728. The van der Waals surface area contributed by atoms with Crippen LogP contribution in [0.3, 0.4) is 0 Å². The van der Waals surface area contributed by atoms with Gasteiger partial charge in [0.25, 0.3) is 0 Å². The maximum Gasteiger partial charge on any atom is 0.224 e. The van der Waals surface area contributed by atoms with Crippen LogP contribution in [-0.4, -0.2) is 51.2 Å². The van der Waals surface area contributed by atoms with Gasteiger partial charge in [-0.05, 0) is 13.3 Å². The van der Waals surface area contributed by atoms with Crippen molar-refractivity contribution in [3.8, 4) is 0 Å². The Morgan fingerprint density at radius 3 is 2.89 bits per heavy atom. The zero-order valence-electron chi connectivity index (χ0n) is 11.4. The van der Waals surface area contributed by atoms with Gasteiger partial charge >= 0.3 is 0 Å². The van der Waals surface area contributed by atoms with Crippen LogP contribution >= 0.6 is 0 Å². The Balaban J connectivity index is 1.84. The second-order valence-corrected chi connectivity index (χ2v) is 4.45. The van der Waals surface area contributed by atoms with Crippen molar-refractivity contribution in [3.63, 3.8) is 0 Å². The molecule has 0 amide bonds. The summed E-state index contributed by atoms with van der Waals surface area (Å²) in [5.41, 5.74) is 1.06. The maximum atomic E-state index is 4.46. The second kappa shape index (κ2) is 6.07. The summed E-state index contributed by atoms with van der Waals surface area (Å²) in [4.78, 5) is 10.7. The van der Waals surface area contributed by atoms with Gasteiger partial charge in [-0.2, -0.15) is 10.2 Å². The molecule has 2 heterocycles. The van der Waals surface area contributed by atoms with Crippen molar-refractivity contribution >= 4 is 11.8 Å². The fraction of sp³-hybridized carbons (Fsp3) is 0.545. The summed E-state index contributed by atoms with van der Waals surface area (Å²) in [5.74, 6) is 2.29. The lowest BCUT2D eigenvalue weighted by Gasteiger charge is -2.15. The topological polar surface area (TPSA) is 95.5 Å². The summed E-state index contributed by atoms with van der Waals surface area (Å²) in [6, 6.07) is 0. The van der Waals surface area contributed by atoms with E-state index in [1.807, 2.05) is 32.1 Å². The van der Waals surface area contributed by atoms with Crippen molar-refractivity contribution in [2.45, 2.75) is 19.8 Å². The molecule has 0 saturated heterocycles. The van der Waals surface area contributed by atoms with E-state index in [4.69, 9.17) is 0 Å². The van der Waals surface area contributed by atoms with Crippen molar-refractivity contribution in [1.82, 2.24) is 30.6 Å². The van der Waals surface area contributed by atoms with Crippen LogP contribution in [-0.2, 0) is 6.42 Å². The molecule has 0 bridgehead atoms. The molecule has 2 aromatic heterocycles. The van der Waals surface area contributed by atoms with Gasteiger partial charge < -0.3 is 10.2 Å². The predicted molar refractivity (Wildman–Crippen MR) is 72.1 cm³/mol. The maximum absolute atomic E-state index is 4.46. The molecule has 0 aromatic carbocycles. The Morgan fingerprint density at radius 1 is 1.37 bits per heavy atom. The van der Waals surface area contributed by atoms with Crippen LogP contribution < -0.4 is 10.2 Å². The summed E-state index contributed by atoms with van der Waals surface area (Å²) in [7, 11) is 3.94. The molecule has 2 rings (SSSR count). The first-order valence-electron chi connectivity index (χ1n) is 6.14. The summed E-state index contributed by atoms with van der Waals surface area (Å²) in [6.07, 6.45) is 3.49. The van der Waals surface area contributed by atoms with Gasteiger partial charge in [0.05, 0.1) is 0 Å². The highest BCUT2D eigenvalue weighted by molar-refractivity contribution is 5.47. The van der Waals surface area contributed by atoms with Crippen LogP contribution in [0.4, 0.5) is 11.8 Å². The summed E-state index contributed by atoms with van der Waals surface area (Å²) < 4.78 is 0. The molecule has 102 valence electrons. The van der Waals surface area contributed by atoms with Crippen LogP contribution in [0.1, 0.15) is 17.8 Å². The van der Waals surface area contributed by atoms with E-state index in [9.17, 15) is 0 Å². The number of rotatable bonds is 6. The largest absolute Gasteiger partial charge is 0.362 e. The van der Waals surface area contributed by atoms with E-state index in [-0.39, 0.29) is 0 Å². The molecule has 0 unspecified atom stereocenters. The zero-order chi connectivity index (χ0) is 13.7. The van der Waals surface area contributed by atoms with Gasteiger partial charge in [-0.1, -0.05) is 5.21 Å². The number of anilines is 2. The van der Waals surface area contributed by atoms with Crippen LogP contribution in [0.5, 0.6) is 0 Å². The van der Waals surface area contributed by atoms with E-state index < -0.39 is 0 Å². The Labute approximate surface area is 111 Å². The normalized spacial score (nSPS) is 10.5. The summed E-state index contributed by atoms with van der Waals surface area (Å²) in [6.45, 7) is 2.76. The SMILES string of the molecule is Cc1cnc(NCCCc2nn[nH]n2)nc1N(C)C. The molecule has 8 nitrogen and oxygen atoms in total. The first-order valence-corrected chi connectivity index (χ1v) is 6.14. The Morgan fingerprint density at radius 2 is 2.21 bits per heavy atom. The molecule has 0 aliphatic rings. The number of aromatic amines is 1. The molecule has 2 aromatic rings. The lowest BCUT2D eigenvalue weighted by molar-refractivity contribution is 0.798. The fourth-order valence-corrected chi connectivity index (χ4v) is 1.71. The van der Waals surface area contributed by atoms with E-state index in [1.54, 1.807) is 0 Å². The average Bonchev–Trinajstić information content (AvgIpc) is 2.89. The number of aromatic nitrogens is 6. The fourth-order valence-electron chi connectivity index (χ4n) is 1.71. The number of H-pyrrole nitrogens is 1. The minimum Gasteiger partial charge on any atom is -0.362 e. The van der Waals surface area contributed by atoms with Crippen molar-refractivity contribution < 1.29 is 0 Å². The molecule has 0 spiro atoms. The lowest BCUT2D eigenvalue weighted by Crippen LogP contribution is -2.15. The van der Waals surface area contributed by atoms with Gasteiger partial charge in [0.15, 0.2) is 5.82 Å². The van der Waals surface area contributed by atoms with Gasteiger partial charge in [-0.15, -0.1) is 10.2 Å². The van der Waals surface area contributed by atoms with Gasteiger partial charge in [0.2, 0.25) is 5.95 Å². The van der Waals surface area contributed by atoms with Crippen LogP contribution in [0.25, 0.3) is 0 Å². The van der Waals surface area contributed by atoms with Gasteiger partial charge in [-0.3, -0.25) is 0 Å². The third kappa shape index (κ3) is 3.60. The van der Waals surface area contributed by atoms with E-state index in [1.165, 1.54) is 0 Å². The first kappa shape index (κ1) is 13.2. The first-order chi connectivity index (χ1) is 9.16. The van der Waals surface area contributed by atoms with Crippen molar-refractivity contribution in [2.24, 2.45) is 0 Å². The molecule has 0 aliphatic carbocycles. The third-order valence-corrected chi connectivity index (χ3v) is 2.62. The lowest BCUT2D eigenvalue weighted by atomic mass is 10.3. The smallest absolute Gasteiger partial charge is 0.224 e. The van der Waals surface area contributed by atoms with Crippen LogP contribution in [0.15, 0.2) is 6.20 Å². The number of nitrogens with one attached hydrogen (secondary N) is 2. The molecule has 0 atom stereocenters. The van der Waals surface area contributed by atoms with Gasteiger partial charge in [0, 0.05) is 38.8 Å². The molecule has 0 aliphatic heterocycles. The van der Waals surface area contributed by atoms with Gasteiger partial charge in [0.1, 0.15) is 5.82 Å². The Bertz CT molecular complexity index is 507. The monoisotopic (exact) mass is 262 g/mol. The summed E-state index contributed by atoms with van der Waals surface area (Å²) >= 11 is 0. The molecular weight excluding hydrogens is 244 g/mol. The highest BCUT2D eigenvalue weighted by atomic mass is 15.5. The van der Waals surface area contributed by atoms with Crippen molar-refractivity contribution in [2.75, 3.05) is 30.9 Å². The second-order valence-electron chi connectivity index (χ2n) is 4.45. The Hall–Kier alpha value is -2.25. The average molecular weight is 262 g/mol. The number of tetrazole rings is 1. The van der Waals surface area contributed by atoms with Crippen LogP contribution in [0.2, 0.25) is 0 Å². The van der Waals surface area contributed by atoms with E-state index in [0.29, 0.717) is 5.95 Å². The third-order valence-electron chi connectivity index (χ3n) is 2.62. The van der Waals surface area contributed by atoms with Crippen molar-refractivity contribution in [1.29, 1.82) is 0 Å². The van der Waals surface area contributed by atoms with Gasteiger partial charge in [-0.25, -0.2) is 4.98 Å². The molecule has 0 fully saturated rings. The molecule has 0 radical (unpaired) electrons. The zero-order valence-corrected chi connectivity index (χ0v) is 11.4. The molecular formula is C11H18N8. The molecule has 8 heteroatoms. The van der Waals surface area contributed by atoms with Crippen LogP contribution in [0, 0.1) is 6.92 Å². The number of nitrogens with zero attached hydrogens (tertiary/aromatic N) is 6. The highest BCUT2D eigenvalue weighted by Gasteiger charge is 2.05. The van der Waals surface area contributed by atoms with E-state index in [0.717, 1.165) is 36.6 Å². The van der Waals surface area contributed by atoms with E-state index in [2.05, 4.69) is 35.9 Å². The molecule has 0 saturated carbocycles. The minimum absolute atomic E-state index is 0.641. The minimum atomic E-state index is 0.641. The standard InChI is InChI=1S/C11H18N8/c1-8-7-13-11(14-10(8)19(2)3)12-6-4-5-9-15-17-18-16-9/h7H,4-6H2,1-3H3,(H,12,13,14)(H,15,16,17,18). The summed E-state index contributed by atoms with van der Waals surface area (Å²) in [5, 5.41) is 16.9. The highest BCUT2D eigenvalue weighted by Crippen LogP contribution is 2.14. The number of hydrogen-bond donors (Lipinski definition) is 2. The molecule has 19 heavy (non-hydrogen) atoms.